The minimum absolute atomic E-state index is 0.0867. The van der Waals surface area contributed by atoms with Crippen LogP contribution in [0.2, 0.25) is 0 Å². The van der Waals surface area contributed by atoms with Gasteiger partial charge in [-0.25, -0.2) is 0 Å². The topological polar surface area (TPSA) is 34.4 Å². The van der Waals surface area contributed by atoms with E-state index in [9.17, 15) is 4.79 Å². The molecule has 0 radical (unpaired) electrons. The van der Waals surface area contributed by atoms with E-state index in [0.29, 0.717) is 0 Å². The van der Waals surface area contributed by atoms with E-state index in [1.807, 2.05) is 38.5 Å². The van der Waals surface area contributed by atoms with Crippen LogP contribution in [-0.4, -0.2) is 10.5 Å². The second-order valence-electron chi connectivity index (χ2n) is 5.55. The van der Waals surface area contributed by atoms with Gasteiger partial charge in [0.1, 0.15) is 5.00 Å². The lowest BCUT2D eigenvalue weighted by Crippen LogP contribution is -2.22. The van der Waals surface area contributed by atoms with Crippen LogP contribution in [0.3, 0.4) is 0 Å². The van der Waals surface area contributed by atoms with Gasteiger partial charge >= 0.3 is 0 Å². The van der Waals surface area contributed by atoms with Gasteiger partial charge in [-0.1, -0.05) is 20.8 Å². The zero-order chi connectivity index (χ0) is 14.2. The normalized spacial score (nSPS) is 13.0. The highest BCUT2D eigenvalue weighted by molar-refractivity contribution is 7.14. The fraction of sp³-hybridized carbons (Fsp3) is 0.429. The van der Waals surface area contributed by atoms with Crippen LogP contribution in [0.4, 0.5) is 0 Å². The second kappa shape index (κ2) is 5.06. The summed E-state index contributed by atoms with van der Waals surface area (Å²) in [7, 11) is 0. The monoisotopic (exact) mass is 294 g/mol. The van der Waals surface area contributed by atoms with Gasteiger partial charge in [0.25, 0.3) is 5.91 Å². The van der Waals surface area contributed by atoms with Crippen molar-refractivity contribution < 1.29 is 4.79 Å². The van der Waals surface area contributed by atoms with E-state index in [4.69, 9.17) is 0 Å². The molecule has 2 aromatic heterocycles. The molecule has 0 aliphatic rings. The van der Waals surface area contributed by atoms with Crippen LogP contribution in [0.25, 0.3) is 5.00 Å². The van der Waals surface area contributed by atoms with Gasteiger partial charge in [-0.05, 0) is 26.0 Å². The minimum atomic E-state index is -0.443. The molecule has 0 saturated carbocycles. The predicted molar refractivity (Wildman–Crippen MR) is 81.0 cm³/mol. The maximum Gasteiger partial charge on any atom is 0.253 e. The lowest BCUT2D eigenvalue weighted by atomic mass is 9.96. The van der Waals surface area contributed by atoms with Crippen molar-refractivity contribution in [1.29, 1.82) is 0 Å². The smallest absolute Gasteiger partial charge is 0.253 e. The number of nitrogens with zero attached hydrogens (tertiary/aromatic N) is 2. The fourth-order valence-corrected chi connectivity index (χ4v) is 3.22. The first-order valence-corrected chi connectivity index (χ1v) is 7.76. The summed E-state index contributed by atoms with van der Waals surface area (Å²) < 4.78 is 2.00. The molecule has 19 heavy (non-hydrogen) atoms. The summed E-state index contributed by atoms with van der Waals surface area (Å²) in [4.78, 5) is 19.5. The predicted octanol–water partition coefficient (Wildman–Crippen LogP) is 3.69. The number of rotatable bonds is 1. The number of thiazole rings is 1. The Bertz CT molecular complexity index is 668. The second-order valence-corrected chi connectivity index (χ2v) is 8.03. The molecular weight excluding hydrogens is 276 g/mol. The molecule has 0 aliphatic carbocycles. The van der Waals surface area contributed by atoms with Crippen LogP contribution < -0.4 is 4.80 Å². The molecule has 0 bridgehead atoms. The molecular formula is C14H18N2OS2. The minimum Gasteiger partial charge on any atom is -0.283 e. The Morgan fingerprint density at radius 3 is 2.37 bits per heavy atom. The summed E-state index contributed by atoms with van der Waals surface area (Å²) in [6, 6.07) is 4.14. The molecule has 0 fully saturated rings. The molecule has 2 aromatic rings. The van der Waals surface area contributed by atoms with Crippen molar-refractivity contribution in [3.63, 3.8) is 0 Å². The number of aryl methyl sites for hydroxylation is 2. The molecule has 0 spiro atoms. The Morgan fingerprint density at radius 1 is 1.16 bits per heavy atom. The van der Waals surface area contributed by atoms with E-state index in [1.165, 1.54) is 4.88 Å². The third-order valence-corrected chi connectivity index (χ3v) is 4.47. The van der Waals surface area contributed by atoms with E-state index in [1.54, 1.807) is 22.7 Å². The maximum atomic E-state index is 12.1. The first-order valence-electron chi connectivity index (χ1n) is 6.12. The van der Waals surface area contributed by atoms with Gasteiger partial charge in [0.05, 0.1) is 0 Å². The van der Waals surface area contributed by atoms with E-state index < -0.39 is 5.41 Å². The molecule has 0 unspecified atom stereocenters. The van der Waals surface area contributed by atoms with Crippen molar-refractivity contribution in [2.75, 3.05) is 0 Å². The molecule has 102 valence electrons. The number of carbonyl (C=O) groups is 1. The lowest BCUT2D eigenvalue weighted by Gasteiger charge is -2.11. The summed E-state index contributed by atoms with van der Waals surface area (Å²) in [5.41, 5.74) is -0.443. The van der Waals surface area contributed by atoms with Gasteiger partial charge in [0.15, 0.2) is 4.80 Å². The largest absolute Gasteiger partial charge is 0.283 e. The Morgan fingerprint density at radius 2 is 1.84 bits per heavy atom. The highest BCUT2D eigenvalue weighted by Crippen LogP contribution is 2.20. The van der Waals surface area contributed by atoms with Crippen LogP contribution in [0.5, 0.6) is 0 Å². The number of amides is 1. The number of hydrogen-bond donors (Lipinski definition) is 0. The van der Waals surface area contributed by atoms with Gasteiger partial charge in [-0.3, -0.25) is 9.36 Å². The Hall–Kier alpha value is -1.20. The van der Waals surface area contributed by atoms with Gasteiger partial charge < -0.3 is 0 Å². The Kier molecular flexibility index (Phi) is 3.78. The first kappa shape index (κ1) is 14.2. The molecule has 2 heterocycles. The number of thiophene rings is 1. The van der Waals surface area contributed by atoms with Crippen LogP contribution >= 0.6 is 22.7 Å². The highest BCUT2D eigenvalue weighted by Gasteiger charge is 2.21. The van der Waals surface area contributed by atoms with Gasteiger partial charge in [-0.2, -0.15) is 4.99 Å². The molecule has 5 heteroatoms. The summed E-state index contributed by atoms with van der Waals surface area (Å²) in [6.07, 6.45) is 2.03. The maximum absolute atomic E-state index is 12.1. The van der Waals surface area contributed by atoms with Gasteiger partial charge in [0.2, 0.25) is 0 Å². The summed E-state index contributed by atoms with van der Waals surface area (Å²) in [5.74, 6) is -0.0867. The van der Waals surface area contributed by atoms with Crippen LogP contribution in [0.15, 0.2) is 23.3 Å². The zero-order valence-corrected chi connectivity index (χ0v) is 13.5. The molecule has 0 aliphatic heterocycles. The van der Waals surface area contributed by atoms with Gasteiger partial charge in [-0.15, -0.1) is 22.7 Å². The average Bonchev–Trinajstić information content (AvgIpc) is 2.83. The van der Waals surface area contributed by atoms with E-state index in [2.05, 4.69) is 24.0 Å². The summed E-state index contributed by atoms with van der Waals surface area (Å²) in [6.45, 7) is 9.77. The molecule has 0 saturated heterocycles. The standard InChI is InChI=1S/C14H18N2OS2/c1-9-6-7-11(18-9)16-8-10(2)19-13(16)15-12(17)14(3,4)5/h6-8H,1-5H3/b15-13-. The van der Waals surface area contributed by atoms with Gasteiger partial charge in [0, 0.05) is 21.4 Å². The van der Waals surface area contributed by atoms with E-state index in [-0.39, 0.29) is 5.91 Å². The molecule has 2 rings (SSSR count). The molecule has 0 N–H and O–H groups in total. The molecule has 0 atom stereocenters. The van der Waals surface area contributed by atoms with Crippen LogP contribution in [0, 0.1) is 19.3 Å². The van der Waals surface area contributed by atoms with Crippen molar-refractivity contribution in [2.45, 2.75) is 34.6 Å². The number of carbonyl (C=O) groups excluding carboxylic acids is 1. The van der Waals surface area contributed by atoms with Crippen LogP contribution in [0.1, 0.15) is 30.5 Å². The van der Waals surface area contributed by atoms with Crippen molar-refractivity contribution in [2.24, 2.45) is 10.4 Å². The Balaban J connectivity index is 2.54. The fourth-order valence-electron chi connectivity index (χ4n) is 1.50. The number of aromatic nitrogens is 1. The van der Waals surface area contributed by atoms with Crippen LogP contribution in [-0.2, 0) is 4.79 Å². The zero-order valence-electron chi connectivity index (χ0n) is 11.9. The lowest BCUT2D eigenvalue weighted by molar-refractivity contribution is -0.125. The number of hydrogen-bond acceptors (Lipinski definition) is 3. The molecule has 1 amide bonds. The Labute approximate surface area is 121 Å². The first-order chi connectivity index (χ1) is 8.77. The molecule has 3 nitrogen and oxygen atoms in total. The third-order valence-electron chi connectivity index (χ3n) is 2.57. The van der Waals surface area contributed by atoms with Crippen molar-refractivity contribution in [3.05, 3.63) is 32.9 Å². The average molecular weight is 294 g/mol. The third kappa shape index (κ3) is 3.22. The summed E-state index contributed by atoms with van der Waals surface area (Å²) in [5, 5.41) is 1.10. The van der Waals surface area contributed by atoms with E-state index >= 15 is 0 Å². The van der Waals surface area contributed by atoms with Crippen molar-refractivity contribution in [1.82, 2.24) is 4.57 Å². The van der Waals surface area contributed by atoms with Crippen molar-refractivity contribution in [3.8, 4) is 5.00 Å². The quantitative estimate of drug-likeness (QED) is 0.790. The summed E-state index contributed by atoms with van der Waals surface area (Å²) >= 11 is 3.25. The SMILES string of the molecule is Cc1ccc(-n2cc(C)s/c2=N\C(=O)C(C)(C)C)s1. The molecule has 0 aromatic carbocycles. The van der Waals surface area contributed by atoms with Crippen molar-refractivity contribution >= 4 is 28.6 Å². The highest BCUT2D eigenvalue weighted by atomic mass is 32.1. The van der Waals surface area contributed by atoms with E-state index in [0.717, 1.165) is 14.7 Å².